The quantitative estimate of drug-likeness (QED) is 0.447. The van der Waals surface area contributed by atoms with Gasteiger partial charge in [0.1, 0.15) is 28.0 Å². The van der Waals surface area contributed by atoms with Crippen molar-refractivity contribution >= 4 is 33.5 Å². The number of carbonyl (C=O) groups excluding carboxylic acids is 2. The van der Waals surface area contributed by atoms with Crippen molar-refractivity contribution in [2.45, 2.75) is 10.9 Å². The van der Waals surface area contributed by atoms with E-state index < -0.39 is 44.4 Å². The van der Waals surface area contributed by atoms with Crippen LogP contribution in [0.4, 0.5) is 0 Å². The van der Waals surface area contributed by atoms with Crippen LogP contribution in [0.2, 0.25) is 0 Å². The third-order valence-corrected chi connectivity index (χ3v) is 4.62. The van der Waals surface area contributed by atoms with E-state index in [9.17, 15) is 18.0 Å². The lowest BCUT2D eigenvalue weighted by Crippen LogP contribution is -2.51. The van der Waals surface area contributed by atoms with E-state index in [4.69, 9.17) is 0 Å². The molecule has 0 spiro atoms. The average molecular weight is 240 g/mol. The fourth-order valence-electron chi connectivity index (χ4n) is 0.890. The fourth-order valence-corrected chi connectivity index (χ4v) is 3.05. The van der Waals surface area contributed by atoms with Crippen LogP contribution in [-0.2, 0) is 40.7 Å². The molecule has 6 nitrogen and oxygen atoms in total. The first-order valence-electron chi connectivity index (χ1n) is 3.49. The van der Waals surface area contributed by atoms with Crippen LogP contribution in [0.25, 0.3) is 0 Å². The van der Waals surface area contributed by atoms with Gasteiger partial charge in [0.05, 0.1) is 0 Å². The van der Waals surface area contributed by atoms with Gasteiger partial charge >= 0.3 is 16.4 Å². The minimum Gasteiger partial charge on any atom is -0.399 e. The Morgan fingerprint density at radius 1 is 1.07 bits per heavy atom. The van der Waals surface area contributed by atoms with Crippen molar-refractivity contribution in [1.82, 2.24) is 0 Å². The fraction of sp³-hybridized carbons (Fsp3) is 0.667. The van der Waals surface area contributed by atoms with Gasteiger partial charge in [-0.1, -0.05) is 0 Å². The van der Waals surface area contributed by atoms with E-state index in [1.807, 2.05) is 0 Å². The van der Waals surface area contributed by atoms with Crippen LogP contribution < -0.4 is 0 Å². The Hall–Kier alpha value is -0.760. The zero-order valence-electron chi connectivity index (χ0n) is 7.47. The maximum Gasteiger partial charge on any atom is 0.415 e. The molecule has 1 fully saturated rings. The molecule has 1 aliphatic heterocycles. The van der Waals surface area contributed by atoms with Crippen LogP contribution >= 0.6 is 0 Å². The van der Waals surface area contributed by atoms with Crippen LogP contribution in [0.3, 0.4) is 0 Å². The molecule has 1 rings (SSSR count). The van der Waals surface area contributed by atoms with Gasteiger partial charge < -0.3 is 9.47 Å². The summed E-state index contributed by atoms with van der Waals surface area (Å²) in [5.74, 6) is -1.77. The smallest absolute Gasteiger partial charge is 0.399 e. The summed E-state index contributed by atoms with van der Waals surface area (Å²) >= 11 is 0. The van der Waals surface area contributed by atoms with Crippen LogP contribution in [0.5, 0.6) is 0 Å². The summed E-state index contributed by atoms with van der Waals surface area (Å²) in [6.45, 7) is 0. The summed E-state index contributed by atoms with van der Waals surface area (Å²) in [6.07, 6.45) is 1.75. The lowest BCUT2D eigenvalue weighted by atomic mass is 10.4. The van der Waals surface area contributed by atoms with Gasteiger partial charge in [-0.05, 0) is 0 Å². The Labute approximate surface area is 84.9 Å². The van der Waals surface area contributed by atoms with E-state index in [1.165, 1.54) is 0 Å². The Bertz CT molecular complexity index is 303. The molecular weight excluding hydrogens is 232 g/mol. The standard InChI is InChI=1S/C6H8O6S2/c1-13(9)6(14(2)10)11-4(7)3-5(8)12-6/h3H2,1-2H3. The first-order valence-corrected chi connectivity index (χ1v) is 6.61. The van der Waals surface area contributed by atoms with Crippen molar-refractivity contribution in [1.29, 1.82) is 0 Å². The second-order valence-corrected chi connectivity index (χ2v) is 5.68. The highest BCUT2D eigenvalue weighted by Gasteiger charge is 2.51. The van der Waals surface area contributed by atoms with Crippen LogP contribution in [-0.4, -0.2) is 37.3 Å². The molecule has 0 N–H and O–H groups in total. The normalized spacial score (nSPS) is 24.7. The Morgan fingerprint density at radius 2 is 1.43 bits per heavy atom. The Balaban J connectivity index is 3.10. The zero-order valence-corrected chi connectivity index (χ0v) is 9.11. The monoisotopic (exact) mass is 240 g/mol. The molecule has 14 heavy (non-hydrogen) atoms. The largest absolute Gasteiger partial charge is 0.415 e. The molecule has 2 atom stereocenters. The first-order chi connectivity index (χ1) is 6.38. The van der Waals surface area contributed by atoms with Gasteiger partial charge in [-0.3, -0.25) is 18.0 Å². The zero-order chi connectivity index (χ0) is 10.9. The van der Waals surface area contributed by atoms with Gasteiger partial charge in [-0.25, -0.2) is 0 Å². The molecule has 0 saturated carbocycles. The van der Waals surface area contributed by atoms with Crippen molar-refractivity contribution in [2.24, 2.45) is 0 Å². The lowest BCUT2D eigenvalue weighted by Gasteiger charge is -2.30. The number of carbonyl (C=O) groups is 2. The Kier molecular flexibility index (Phi) is 3.05. The highest BCUT2D eigenvalue weighted by molar-refractivity contribution is 8.03. The van der Waals surface area contributed by atoms with Crippen LogP contribution in [0.15, 0.2) is 0 Å². The molecule has 0 amide bonds. The minimum absolute atomic E-state index is 0.545. The third kappa shape index (κ3) is 1.85. The van der Waals surface area contributed by atoms with Crippen molar-refractivity contribution in [3.63, 3.8) is 0 Å². The van der Waals surface area contributed by atoms with Gasteiger partial charge in [0.15, 0.2) is 0 Å². The number of rotatable bonds is 2. The van der Waals surface area contributed by atoms with E-state index in [-0.39, 0.29) is 0 Å². The van der Waals surface area contributed by atoms with Gasteiger partial charge in [-0.15, -0.1) is 0 Å². The number of cyclic esters (lactones) is 2. The third-order valence-electron chi connectivity index (χ3n) is 1.47. The SMILES string of the molecule is CS(=O)C1(S(C)=O)OC(=O)CC(=O)O1. The van der Waals surface area contributed by atoms with Gasteiger partial charge in [0, 0.05) is 12.5 Å². The van der Waals surface area contributed by atoms with Crippen LogP contribution in [0, 0.1) is 0 Å². The Morgan fingerprint density at radius 3 is 1.71 bits per heavy atom. The van der Waals surface area contributed by atoms with E-state index in [0.29, 0.717) is 0 Å². The highest BCUT2D eigenvalue weighted by atomic mass is 32.2. The molecule has 0 aromatic rings. The lowest BCUT2D eigenvalue weighted by molar-refractivity contribution is -0.195. The molecule has 0 aromatic heterocycles. The van der Waals surface area contributed by atoms with E-state index in [1.54, 1.807) is 0 Å². The highest BCUT2D eigenvalue weighted by Crippen LogP contribution is 2.26. The molecule has 1 heterocycles. The maximum atomic E-state index is 11.2. The van der Waals surface area contributed by atoms with Gasteiger partial charge in [-0.2, -0.15) is 0 Å². The second-order valence-electron chi connectivity index (χ2n) is 2.53. The number of hydrogen-bond donors (Lipinski definition) is 0. The van der Waals surface area contributed by atoms with Crippen molar-refractivity contribution in [2.75, 3.05) is 12.5 Å². The number of ether oxygens (including phenoxy) is 2. The number of hydrogen-bond acceptors (Lipinski definition) is 6. The topological polar surface area (TPSA) is 86.7 Å². The molecule has 2 unspecified atom stereocenters. The molecule has 0 aliphatic carbocycles. The summed E-state index contributed by atoms with van der Waals surface area (Å²) < 4.78 is 29.5. The molecule has 8 heteroatoms. The first kappa shape index (κ1) is 11.3. The summed E-state index contributed by atoms with van der Waals surface area (Å²) in [7, 11) is -3.74. The van der Waals surface area contributed by atoms with E-state index >= 15 is 0 Å². The molecule has 0 aromatic carbocycles. The van der Waals surface area contributed by atoms with Crippen molar-refractivity contribution in [3.8, 4) is 0 Å². The summed E-state index contributed by atoms with van der Waals surface area (Å²) in [4.78, 5) is 21.8. The predicted octanol–water partition coefficient (Wildman–Crippen LogP) is -1.16. The van der Waals surface area contributed by atoms with Crippen molar-refractivity contribution in [3.05, 3.63) is 0 Å². The average Bonchev–Trinajstić information content (AvgIpc) is 2.01. The minimum atomic E-state index is -2.13. The van der Waals surface area contributed by atoms with Crippen molar-refractivity contribution < 1.29 is 27.5 Å². The second kappa shape index (κ2) is 3.77. The maximum absolute atomic E-state index is 11.2. The molecule has 0 radical (unpaired) electrons. The summed E-state index contributed by atoms with van der Waals surface area (Å²) in [5, 5.41) is 0. The van der Waals surface area contributed by atoms with E-state index in [2.05, 4.69) is 9.47 Å². The summed E-state index contributed by atoms with van der Waals surface area (Å²) in [5.41, 5.74) is 0. The molecule has 1 saturated heterocycles. The molecule has 1 aliphatic rings. The van der Waals surface area contributed by atoms with Crippen LogP contribution in [0.1, 0.15) is 6.42 Å². The van der Waals surface area contributed by atoms with Gasteiger partial charge in [0.2, 0.25) is 0 Å². The summed E-state index contributed by atoms with van der Waals surface area (Å²) in [6, 6.07) is 0. The number of esters is 2. The predicted molar refractivity (Wildman–Crippen MR) is 47.7 cm³/mol. The molecular formula is C6H8O6S2. The molecule has 0 bridgehead atoms. The van der Waals surface area contributed by atoms with Gasteiger partial charge in [0.25, 0.3) is 0 Å². The van der Waals surface area contributed by atoms with E-state index in [0.717, 1.165) is 12.5 Å². The molecule has 80 valence electrons.